The quantitative estimate of drug-likeness (QED) is 0.827. The maximum Gasteiger partial charge on any atom is 0.106 e. The van der Waals surface area contributed by atoms with Gasteiger partial charge < -0.3 is 5.32 Å². The molecule has 1 aromatic rings. The van der Waals surface area contributed by atoms with Crippen molar-refractivity contribution in [2.45, 2.75) is 12.5 Å². The summed E-state index contributed by atoms with van der Waals surface area (Å²) in [5.74, 6) is 2.50. The Morgan fingerprint density at radius 2 is 2.46 bits per heavy atom. The van der Waals surface area contributed by atoms with Gasteiger partial charge in [0.15, 0.2) is 0 Å². The minimum absolute atomic E-state index is 0.632. The molecule has 0 aliphatic carbocycles. The standard InChI is InChI=1S/C9H11BrN2S/c10-9-2-1-7(5-11-9)12-8-3-4-13-6-8/h1-2,5,8,12H,3-4,6H2. The average Bonchev–Trinajstić information content (AvgIpc) is 2.62. The molecule has 2 nitrogen and oxygen atoms in total. The van der Waals surface area contributed by atoms with Crippen molar-refractivity contribution in [3.8, 4) is 0 Å². The van der Waals surface area contributed by atoms with Gasteiger partial charge in [-0.25, -0.2) is 4.98 Å². The average molecular weight is 259 g/mol. The van der Waals surface area contributed by atoms with Crippen molar-refractivity contribution in [3.63, 3.8) is 0 Å². The van der Waals surface area contributed by atoms with Crippen LogP contribution in [0.3, 0.4) is 0 Å². The number of hydrogen-bond acceptors (Lipinski definition) is 3. The number of thioether (sulfide) groups is 1. The van der Waals surface area contributed by atoms with E-state index in [4.69, 9.17) is 0 Å². The van der Waals surface area contributed by atoms with E-state index in [1.165, 1.54) is 17.9 Å². The van der Waals surface area contributed by atoms with Crippen molar-refractivity contribution < 1.29 is 0 Å². The highest BCUT2D eigenvalue weighted by molar-refractivity contribution is 9.10. The van der Waals surface area contributed by atoms with E-state index in [0.717, 1.165) is 10.3 Å². The minimum atomic E-state index is 0.632. The molecular weight excluding hydrogens is 248 g/mol. The van der Waals surface area contributed by atoms with Crippen LogP contribution in [0.15, 0.2) is 22.9 Å². The Morgan fingerprint density at radius 1 is 1.54 bits per heavy atom. The molecule has 0 aromatic carbocycles. The van der Waals surface area contributed by atoms with Crippen LogP contribution in [0.4, 0.5) is 5.69 Å². The third-order valence-corrected chi connectivity index (χ3v) is 3.66. The molecule has 1 fully saturated rings. The Bertz CT molecular complexity index is 269. The molecule has 2 heterocycles. The van der Waals surface area contributed by atoms with Crippen LogP contribution in [0, 0.1) is 0 Å². The van der Waals surface area contributed by atoms with Gasteiger partial charge in [0.25, 0.3) is 0 Å². The predicted molar refractivity (Wildman–Crippen MR) is 61.3 cm³/mol. The molecule has 1 aromatic heterocycles. The van der Waals surface area contributed by atoms with E-state index in [2.05, 4.69) is 32.3 Å². The third kappa shape index (κ3) is 2.61. The molecule has 70 valence electrons. The number of nitrogens with one attached hydrogen (secondary N) is 1. The topological polar surface area (TPSA) is 24.9 Å². The molecule has 1 aliphatic heterocycles. The van der Waals surface area contributed by atoms with E-state index in [-0.39, 0.29) is 0 Å². The summed E-state index contributed by atoms with van der Waals surface area (Å²) in [5, 5.41) is 3.46. The van der Waals surface area contributed by atoms with Gasteiger partial charge in [-0.1, -0.05) is 0 Å². The zero-order valence-corrected chi connectivity index (χ0v) is 9.57. The lowest BCUT2D eigenvalue weighted by atomic mass is 10.2. The molecule has 1 N–H and O–H groups in total. The maximum atomic E-state index is 4.17. The van der Waals surface area contributed by atoms with Gasteiger partial charge in [0, 0.05) is 11.8 Å². The Morgan fingerprint density at radius 3 is 3.08 bits per heavy atom. The molecule has 1 unspecified atom stereocenters. The molecule has 2 rings (SSSR count). The fourth-order valence-electron chi connectivity index (χ4n) is 1.35. The van der Waals surface area contributed by atoms with E-state index < -0.39 is 0 Å². The Kier molecular flexibility index (Phi) is 3.11. The molecule has 0 bridgehead atoms. The van der Waals surface area contributed by atoms with Crippen LogP contribution in [0.5, 0.6) is 0 Å². The molecular formula is C9H11BrN2S. The first-order valence-electron chi connectivity index (χ1n) is 4.30. The first-order chi connectivity index (χ1) is 6.34. The molecule has 0 amide bonds. The predicted octanol–water partition coefficient (Wildman–Crippen LogP) is 2.76. The summed E-state index contributed by atoms with van der Waals surface area (Å²) >= 11 is 5.33. The first kappa shape index (κ1) is 9.34. The van der Waals surface area contributed by atoms with Gasteiger partial charge in [-0.15, -0.1) is 0 Å². The second-order valence-electron chi connectivity index (χ2n) is 3.07. The highest BCUT2D eigenvalue weighted by atomic mass is 79.9. The molecule has 4 heteroatoms. The van der Waals surface area contributed by atoms with Gasteiger partial charge in [-0.3, -0.25) is 0 Å². The number of anilines is 1. The zero-order valence-electron chi connectivity index (χ0n) is 7.16. The summed E-state index contributed by atoms with van der Waals surface area (Å²) < 4.78 is 0.888. The second-order valence-corrected chi connectivity index (χ2v) is 5.04. The summed E-state index contributed by atoms with van der Waals surface area (Å²) in [6.07, 6.45) is 3.13. The number of aromatic nitrogens is 1. The normalized spacial score (nSPS) is 21.8. The fraction of sp³-hybridized carbons (Fsp3) is 0.444. The van der Waals surface area contributed by atoms with E-state index in [0.29, 0.717) is 6.04 Å². The van der Waals surface area contributed by atoms with E-state index in [1.807, 2.05) is 24.0 Å². The van der Waals surface area contributed by atoms with Crippen molar-refractivity contribution >= 4 is 33.4 Å². The number of rotatable bonds is 2. The van der Waals surface area contributed by atoms with Crippen molar-refractivity contribution in [2.75, 3.05) is 16.8 Å². The summed E-state index contributed by atoms with van der Waals surface area (Å²) in [6.45, 7) is 0. The van der Waals surface area contributed by atoms with Crippen molar-refractivity contribution in [1.29, 1.82) is 0 Å². The largest absolute Gasteiger partial charge is 0.380 e. The molecule has 1 aliphatic rings. The van der Waals surface area contributed by atoms with Crippen LogP contribution in [0.2, 0.25) is 0 Å². The summed E-state index contributed by atoms with van der Waals surface area (Å²) in [7, 11) is 0. The molecule has 1 atom stereocenters. The van der Waals surface area contributed by atoms with Crippen molar-refractivity contribution in [3.05, 3.63) is 22.9 Å². The Labute approximate surface area is 90.6 Å². The van der Waals surface area contributed by atoms with Crippen LogP contribution in [0.25, 0.3) is 0 Å². The smallest absolute Gasteiger partial charge is 0.106 e. The molecule has 13 heavy (non-hydrogen) atoms. The molecule has 1 saturated heterocycles. The molecule has 0 saturated carbocycles. The fourth-order valence-corrected chi connectivity index (χ4v) is 2.73. The van der Waals surface area contributed by atoms with E-state index in [9.17, 15) is 0 Å². The number of nitrogens with zero attached hydrogens (tertiary/aromatic N) is 1. The van der Waals surface area contributed by atoms with Crippen LogP contribution in [-0.4, -0.2) is 22.5 Å². The van der Waals surface area contributed by atoms with Gasteiger partial charge in [0.1, 0.15) is 4.60 Å². The third-order valence-electron chi connectivity index (χ3n) is 2.03. The number of hydrogen-bond donors (Lipinski definition) is 1. The maximum absolute atomic E-state index is 4.17. The Hall–Kier alpha value is -0.220. The zero-order chi connectivity index (χ0) is 9.10. The molecule has 0 spiro atoms. The number of pyridine rings is 1. The van der Waals surface area contributed by atoms with Gasteiger partial charge in [0.2, 0.25) is 0 Å². The highest BCUT2D eigenvalue weighted by Crippen LogP contribution is 2.21. The SMILES string of the molecule is Brc1ccc(NC2CCSC2)cn1. The molecule has 0 radical (unpaired) electrons. The minimum Gasteiger partial charge on any atom is -0.380 e. The lowest BCUT2D eigenvalue weighted by molar-refractivity contribution is 0.812. The van der Waals surface area contributed by atoms with Gasteiger partial charge in [-0.05, 0) is 40.2 Å². The van der Waals surface area contributed by atoms with Crippen LogP contribution in [-0.2, 0) is 0 Å². The van der Waals surface area contributed by atoms with Crippen molar-refractivity contribution in [1.82, 2.24) is 4.98 Å². The summed E-state index contributed by atoms with van der Waals surface area (Å²) in [4.78, 5) is 4.17. The van der Waals surface area contributed by atoms with Crippen molar-refractivity contribution in [2.24, 2.45) is 0 Å². The number of halogens is 1. The van der Waals surface area contributed by atoms with Gasteiger partial charge in [0.05, 0.1) is 11.9 Å². The highest BCUT2D eigenvalue weighted by Gasteiger charge is 2.14. The van der Waals surface area contributed by atoms with E-state index >= 15 is 0 Å². The summed E-state index contributed by atoms with van der Waals surface area (Å²) in [5.41, 5.74) is 1.12. The summed E-state index contributed by atoms with van der Waals surface area (Å²) in [6, 6.07) is 4.65. The monoisotopic (exact) mass is 258 g/mol. The van der Waals surface area contributed by atoms with E-state index in [1.54, 1.807) is 0 Å². The van der Waals surface area contributed by atoms with Crippen LogP contribution >= 0.6 is 27.7 Å². The first-order valence-corrected chi connectivity index (χ1v) is 6.25. The van der Waals surface area contributed by atoms with Gasteiger partial charge in [-0.2, -0.15) is 11.8 Å². The lowest BCUT2D eigenvalue weighted by Crippen LogP contribution is -2.17. The lowest BCUT2D eigenvalue weighted by Gasteiger charge is -2.11. The Balaban J connectivity index is 1.97. The second kappa shape index (κ2) is 4.33. The van der Waals surface area contributed by atoms with Crippen LogP contribution < -0.4 is 5.32 Å². The van der Waals surface area contributed by atoms with Gasteiger partial charge >= 0.3 is 0 Å². The van der Waals surface area contributed by atoms with Crippen LogP contribution in [0.1, 0.15) is 6.42 Å².